The Morgan fingerprint density at radius 3 is 2.65 bits per heavy atom. The van der Waals surface area contributed by atoms with Crippen LogP contribution in [0.2, 0.25) is 5.02 Å². The normalized spacial score (nSPS) is 13.8. The number of rotatable bonds is 4. The van der Waals surface area contributed by atoms with Crippen LogP contribution in [0.1, 0.15) is 36.0 Å². The van der Waals surface area contributed by atoms with Gasteiger partial charge in [0, 0.05) is 17.9 Å². The lowest BCUT2D eigenvalue weighted by Crippen LogP contribution is -2.31. The Balaban J connectivity index is 1.90. The van der Waals surface area contributed by atoms with Crippen LogP contribution in [-0.4, -0.2) is 19.0 Å². The number of ether oxygens (including phenoxy) is 1. The number of halogens is 1. The summed E-state index contributed by atoms with van der Waals surface area (Å²) in [5.41, 5.74) is 3.87. The van der Waals surface area contributed by atoms with Crippen molar-refractivity contribution < 1.29 is 14.3 Å². The molecule has 0 unspecified atom stereocenters. The molecule has 0 aromatic heterocycles. The predicted octanol–water partition coefficient (Wildman–Crippen LogP) is 4.70. The monoisotopic (exact) mass is 369 g/mol. The highest BCUT2D eigenvalue weighted by molar-refractivity contribution is 6.30. The van der Waals surface area contributed by atoms with Gasteiger partial charge in [-0.1, -0.05) is 48.0 Å². The van der Waals surface area contributed by atoms with Crippen molar-refractivity contribution in [3.05, 3.63) is 64.2 Å². The molecule has 0 fully saturated rings. The first-order valence-electron chi connectivity index (χ1n) is 8.51. The average Bonchev–Trinajstić information content (AvgIpc) is 2.64. The van der Waals surface area contributed by atoms with Crippen molar-refractivity contribution in [2.24, 2.45) is 0 Å². The molecule has 0 aliphatic carbocycles. The molecular formula is C21H20ClNO3. The van der Waals surface area contributed by atoms with E-state index in [1.54, 1.807) is 4.90 Å². The zero-order valence-electron chi connectivity index (χ0n) is 14.6. The molecular weight excluding hydrogens is 350 g/mol. The molecule has 1 amide bonds. The van der Waals surface area contributed by atoms with Crippen molar-refractivity contribution in [2.45, 2.75) is 25.8 Å². The highest BCUT2D eigenvalue weighted by Crippen LogP contribution is 2.30. The molecule has 1 aliphatic heterocycles. The fourth-order valence-corrected chi connectivity index (χ4v) is 3.20. The van der Waals surface area contributed by atoms with E-state index in [1.807, 2.05) is 54.6 Å². The summed E-state index contributed by atoms with van der Waals surface area (Å²) in [4.78, 5) is 26.0. The third kappa shape index (κ3) is 4.14. The second-order valence-corrected chi connectivity index (χ2v) is 6.58. The van der Waals surface area contributed by atoms with Gasteiger partial charge in [-0.3, -0.25) is 9.59 Å². The van der Waals surface area contributed by atoms with Crippen LogP contribution in [0.4, 0.5) is 5.69 Å². The van der Waals surface area contributed by atoms with Gasteiger partial charge < -0.3 is 9.64 Å². The lowest BCUT2D eigenvalue weighted by molar-refractivity contribution is -0.140. The summed E-state index contributed by atoms with van der Waals surface area (Å²) in [7, 11) is 1.35. The Bertz CT molecular complexity index is 860. The van der Waals surface area contributed by atoms with E-state index < -0.39 is 0 Å². The molecule has 0 saturated heterocycles. The van der Waals surface area contributed by atoms with E-state index in [9.17, 15) is 9.59 Å². The van der Waals surface area contributed by atoms with Gasteiger partial charge in [-0.15, -0.1) is 0 Å². The minimum Gasteiger partial charge on any atom is -0.469 e. The van der Waals surface area contributed by atoms with Crippen molar-refractivity contribution in [1.82, 2.24) is 0 Å². The van der Waals surface area contributed by atoms with Crippen molar-refractivity contribution in [1.29, 1.82) is 0 Å². The molecule has 26 heavy (non-hydrogen) atoms. The molecule has 3 rings (SSSR count). The minimum absolute atomic E-state index is 0.0162. The minimum atomic E-state index is -0.297. The quantitative estimate of drug-likeness (QED) is 0.734. The van der Waals surface area contributed by atoms with E-state index >= 15 is 0 Å². The zero-order valence-corrected chi connectivity index (χ0v) is 15.3. The van der Waals surface area contributed by atoms with E-state index in [4.69, 9.17) is 11.6 Å². The number of para-hydroxylation sites is 1. The number of hydrogen-bond acceptors (Lipinski definition) is 3. The number of carbonyl (C=O) groups excluding carboxylic acids is 2. The SMILES string of the molecule is COC(=O)CCCC(=O)N1Cc2ccc(Cl)cc2/C=C\c2ccccc21. The summed E-state index contributed by atoms with van der Waals surface area (Å²) in [5.74, 6) is -0.314. The van der Waals surface area contributed by atoms with Gasteiger partial charge in [0.15, 0.2) is 0 Å². The molecule has 134 valence electrons. The van der Waals surface area contributed by atoms with Crippen LogP contribution in [0, 0.1) is 0 Å². The molecule has 2 aromatic rings. The van der Waals surface area contributed by atoms with Crippen molar-refractivity contribution in [3.63, 3.8) is 0 Å². The molecule has 0 radical (unpaired) electrons. The highest BCUT2D eigenvalue weighted by Gasteiger charge is 2.21. The van der Waals surface area contributed by atoms with Crippen molar-refractivity contribution in [2.75, 3.05) is 12.0 Å². The zero-order chi connectivity index (χ0) is 18.5. The smallest absolute Gasteiger partial charge is 0.305 e. The standard InChI is InChI=1S/C21H20ClNO3/c1-26-21(25)8-4-7-20(24)23-14-17-11-12-18(22)13-16(17)10-9-15-5-2-3-6-19(15)23/h2-3,5-6,9-13H,4,7-8,14H2,1H3/b10-9-. The number of benzene rings is 2. The van der Waals surface area contributed by atoms with Crippen LogP contribution >= 0.6 is 11.6 Å². The fourth-order valence-electron chi connectivity index (χ4n) is 3.02. The molecule has 0 spiro atoms. The molecule has 0 saturated carbocycles. The molecule has 0 atom stereocenters. The molecule has 0 N–H and O–H groups in total. The lowest BCUT2D eigenvalue weighted by atomic mass is 10.0. The summed E-state index contributed by atoms with van der Waals surface area (Å²) in [6.07, 6.45) is 5.02. The maximum atomic E-state index is 12.9. The van der Waals surface area contributed by atoms with Crippen LogP contribution in [-0.2, 0) is 20.9 Å². The summed E-state index contributed by atoms with van der Waals surface area (Å²) in [6, 6.07) is 13.5. The number of hydrogen-bond donors (Lipinski definition) is 0. The van der Waals surface area contributed by atoms with Crippen LogP contribution < -0.4 is 4.90 Å². The van der Waals surface area contributed by atoms with Gasteiger partial charge in [0.1, 0.15) is 0 Å². The first kappa shape index (κ1) is 18.2. The summed E-state index contributed by atoms with van der Waals surface area (Å²) in [6.45, 7) is 0.463. The third-order valence-corrected chi connectivity index (χ3v) is 4.64. The van der Waals surface area contributed by atoms with Gasteiger partial charge >= 0.3 is 5.97 Å². The third-order valence-electron chi connectivity index (χ3n) is 4.41. The van der Waals surface area contributed by atoms with Gasteiger partial charge in [0.2, 0.25) is 5.91 Å². The van der Waals surface area contributed by atoms with E-state index in [1.165, 1.54) is 7.11 Å². The Morgan fingerprint density at radius 2 is 1.85 bits per heavy atom. The topological polar surface area (TPSA) is 46.6 Å². The number of nitrogens with zero attached hydrogens (tertiary/aromatic N) is 1. The first-order valence-corrected chi connectivity index (χ1v) is 8.89. The summed E-state index contributed by atoms with van der Waals surface area (Å²) >= 11 is 6.12. The molecule has 1 aliphatic rings. The van der Waals surface area contributed by atoms with Gasteiger partial charge in [-0.25, -0.2) is 0 Å². The van der Waals surface area contributed by atoms with Crippen LogP contribution in [0.3, 0.4) is 0 Å². The molecule has 4 nitrogen and oxygen atoms in total. The maximum absolute atomic E-state index is 12.9. The number of amides is 1. The van der Waals surface area contributed by atoms with E-state index in [0.29, 0.717) is 18.0 Å². The number of anilines is 1. The van der Waals surface area contributed by atoms with Crippen molar-refractivity contribution >= 4 is 41.3 Å². The van der Waals surface area contributed by atoms with Gasteiger partial charge in [-0.2, -0.15) is 0 Å². The number of methoxy groups -OCH3 is 1. The predicted molar refractivity (Wildman–Crippen MR) is 104 cm³/mol. The van der Waals surface area contributed by atoms with Gasteiger partial charge in [0.25, 0.3) is 0 Å². The number of fused-ring (bicyclic) bond motifs is 2. The number of esters is 1. The van der Waals surface area contributed by atoms with E-state index in [2.05, 4.69) is 4.74 Å². The second kappa shape index (κ2) is 8.19. The first-order chi connectivity index (χ1) is 12.6. The lowest BCUT2D eigenvalue weighted by Gasteiger charge is -2.27. The molecule has 2 aromatic carbocycles. The van der Waals surface area contributed by atoms with Crippen LogP contribution in [0.5, 0.6) is 0 Å². The Morgan fingerprint density at radius 1 is 1.08 bits per heavy atom. The molecule has 0 bridgehead atoms. The fraction of sp³-hybridized carbons (Fsp3) is 0.238. The Labute approximate surface area is 158 Å². The van der Waals surface area contributed by atoms with Gasteiger partial charge in [0.05, 0.1) is 19.3 Å². The molecule has 1 heterocycles. The highest BCUT2D eigenvalue weighted by atomic mass is 35.5. The van der Waals surface area contributed by atoms with Crippen LogP contribution in [0.25, 0.3) is 12.2 Å². The van der Waals surface area contributed by atoms with E-state index in [0.717, 1.165) is 22.4 Å². The maximum Gasteiger partial charge on any atom is 0.305 e. The average molecular weight is 370 g/mol. The number of carbonyl (C=O) groups is 2. The van der Waals surface area contributed by atoms with Gasteiger partial charge in [-0.05, 0) is 41.3 Å². The van der Waals surface area contributed by atoms with Crippen LogP contribution in [0.15, 0.2) is 42.5 Å². The Kier molecular flexibility index (Phi) is 5.74. The largest absolute Gasteiger partial charge is 0.469 e. The summed E-state index contributed by atoms with van der Waals surface area (Å²) in [5, 5.41) is 0.665. The summed E-state index contributed by atoms with van der Waals surface area (Å²) < 4.78 is 4.64. The van der Waals surface area contributed by atoms with Crippen molar-refractivity contribution in [3.8, 4) is 0 Å². The Hall–Kier alpha value is -2.59. The van der Waals surface area contributed by atoms with E-state index in [-0.39, 0.29) is 24.7 Å². The second-order valence-electron chi connectivity index (χ2n) is 6.14. The molecule has 5 heteroatoms.